The number of nitrogens with zero attached hydrogens (tertiary/aromatic N) is 4. The normalized spacial score (nSPS) is 12.7. The summed E-state index contributed by atoms with van der Waals surface area (Å²) in [6, 6.07) is -3.54. The Hall–Kier alpha value is -2.85. The second-order valence-electron chi connectivity index (χ2n) is 4.66. The third-order valence-electron chi connectivity index (χ3n) is 2.97. The minimum absolute atomic E-state index is 0.381. The molecule has 2 amide bonds. The van der Waals surface area contributed by atoms with Gasteiger partial charge in [0.2, 0.25) is 5.82 Å². The largest absolute Gasteiger partial charge is 0.416 e. The molecule has 124 valence electrons. The molecule has 2 heterocycles. The highest BCUT2D eigenvalue weighted by atomic mass is 19.4. The summed E-state index contributed by atoms with van der Waals surface area (Å²) < 4.78 is 41.7. The molecule has 8 nitrogen and oxygen atoms in total. The molecule has 0 radical (unpaired) electrons. The van der Waals surface area contributed by atoms with Crippen LogP contribution in [-0.2, 0) is 14.1 Å². The number of aryl methyl sites for hydroxylation is 2. The predicted octanol–water partition coefficient (Wildman–Crippen LogP) is 0.939. The number of nitrogens with one attached hydrogen (secondary N) is 2. The van der Waals surface area contributed by atoms with Crippen LogP contribution >= 0.6 is 0 Å². The number of anilines is 1. The summed E-state index contributed by atoms with van der Waals surface area (Å²) in [5.74, 6) is -0.769. The number of urea groups is 1. The van der Waals surface area contributed by atoms with Crippen LogP contribution in [0.2, 0.25) is 0 Å². The molecule has 0 aliphatic rings. The van der Waals surface area contributed by atoms with Crippen molar-refractivity contribution in [3.8, 4) is 0 Å². The fourth-order valence-electron chi connectivity index (χ4n) is 1.81. The Bertz CT molecular complexity index is 767. The molecule has 0 aliphatic heterocycles. The van der Waals surface area contributed by atoms with Gasteiger partial charge in [-0.05, 0) is 0 Å². The Kier molecular flexibility index (Phi) is 4.38. The van der Waals surface area contributed by atoms with E-state index in [1.165, 1.54) is 38.9 Å². The maximum Gasteiger partial charge on any atom is 0.416 e. The smallest absolute Gasteiger partial charge is 0.336 e. The zero-order chi connectivity index (χ0) is 17.2. The molecule has 0 saturated carbocycles. The number of hydrogen-bond acceptors (Lipinski definition) is 4. The highest BCUT2D eigenvalue weighted by molar-refractivity contribution is 5.88. The van der Waals surface area contributed by atoms with Gasteiger partial charge in [0.05, 0.1) is 0 Å². The van der Waals surface area contributed by atoms with Crippen LogP contribution in [-0.4, -0.2) is 31.3 Å². The maximum atomic E-state index is 13.1. The van der Waals surface area contributed by atoms with E-state index in [1.54, 1.807) is 5.32 Å². The molecule has 0 spiro atoms. The number of hydrogen-bond donors (Lipinski definition) is 2. The lowest BCUT2D eigenvalue weighted by Crippen LogP contribution is -2.42. The highest BCUT2D eigenvalue weighted by Gasteiger charge is 2.44. The average molecular weight is 330 g/mol. The van der Waals surface area contributed by atoms with E-state index < -0.39 is 23.8 Å². The molecular weight excluding hydrogens is 317 g/mol. The van der Waals surface area contributed by atoms with Crippen molar-refractivity contribution >= 4 is 11.8 Å². The monoisotopic (exact) mass is 330 g/mol. The second kappa shape index (κ2) is 6.10. The van der Waals surface area contributed by atoms with Crippen LogP contribution in [0.15, 0.2) is 29.6 Å². The van der Waals surface area contributed by atoms with Crippen LogP contribution in [0.25, 0.3) is 0 Å². The zero-order valence-electron chi connectivity index (χ0n) is 12.1. The van der Waals surface area contributed by atoms with Crippen LogP contribution in [0.4, 0.5) is 23.8 Å². The number of aromatic nitrogens is 4. The van der Waals surface area contributed by atoms with Gasteiger partial charge in [-0.15, -0.1) is 0 Å². The standard InChI is InChI=1S/C12H13F3N6O2/c1-20-5-4-17-9(20)7(12(13,14)15)18-11(23)19-8-10(22)21(2)6-3-16-8/h3-7H,1-2H3,(H2,16,18,19,23). The van der Waals surface area contributed by atoms with E-state index in [9.17, 15) is 22.8 Å². The summed E-state index contributed by atoms with van der Waals surface area (Å²) in [6.45, 7) is 0. The molecule has 2 aromatic heterocycles. The van der Waals surface area contributed by atoms with Gasteiger partial charge in [-0.25, -0.2) is 14.8 Å². The van der Waals surface area contributed by atoms with Crippen molar-refractivity contribution in [2.45, 2.75) is 12.2 Å². The molecule has 2 N–H and O–H groups in total. The quantitative estimate of drug-likeness (QED) is 0.876. The number of carbonyl (C=O) groups excluding carboxylic acids is 1. The van der Waals surface area contributed by atoms with E-state index in [1.807, 2.05) is 5.32 Å². The summed E-state index contributed by atoms with van der Waals surface area (Å²) in [5, 5.41) is 3.75. The number of amides is 2. The van der Waals surface area contributed by atoms with Gasteiger partial charge in [-0.2, -0.15) is 13.2 Å². The van der Waals surface area contributed by atoms with Crippen LogP contribution in [0.1, 0.15) is 11.9 Å². The van der Waals surface area contributed by atoms with E-state index in [4.69, 9.17) is 0 Å². The van der Waals surface area contributed by atoms with Crippen molar-refractivity contribution in [2.75, 3.05) is 5.32 Å². The summed E-state index contributed by atoms with van der Waals surface area (Å²) in [6.07, 6.45) is 0.324. The molecule has 0 aliphatic carbocycles. The molecule has 11 heteroatoms. The first-order chi connectivity index (χ1) is 10.7. The van der Waals surface area contributed by atoms with Gasteiger partial charge in [-0.1, -0.05) is 0 Å². The molecule has 23 heavy (non-hydrogen) atoms. The van der Waals surface area contributed by atoms with Crippen LogP contribution < -0.4 is 16.2 Å². The van der Waals surface area contributed by atoms with Gasteiger partial charge in [0, 0.05) is 38.9 Å². The molecule has 0 fully saturated rings. The van der Waals surface area contributed by atoms with Crippen molar-refractivity contribution in [1.82, 2.24) is 24.4 Å². The van der Waals surface area contributed by atoms with Crippen molar-refractivity contribution < 1.29 is 18.0 Å². The first-order valence-corrected chi connectivity index (χ1v) is 6.33. The van der Waals surface area contributed by atoms with E-state index in [0.717, 1.165) is 9.13 Å². The fraction of sp³-hybridized carbons (Fsp3) is 0.333. The third kappa shape index (κ3) is 3.67. The van der Waals surface area contributed by atoms with Gasteiger partial charge in [0.15, 0.2) is 6.04 Å². The summed E-state index contributed by atoms with van der Waals surface area (Å²) in [7, 11) is 2.79. The molecule has 1 atom stereocenters. The van der Waals surface area contributed by atoms with Gasteiger partial charge >= 0.3 is 12.2 Å². The van der Waals surface area contributed by atoms with E-state index in [-0.39, 0.29) is 11.6 Å². The lowest BCUT2D eigenvalue weighted by atomic mass is 10.2. The number of imidazole rings is 1. The van der Waals surface area contributed by atoms with E-state index in [2.05, 4.69) is 9.97 Å². The van der Waals surface area contributed by atoms with E-state index in [0.29, 0.717) is 0 Å². The Labute approximate surface area is 128 Å². The zero-order valence-corrected chi connectivity index (χ0v) is 12.1. The number of alkyl halides is 3. The van der Waals surface area contributed by atoms with Gasteiger partial charge in [0.1, 0.15) is 5.82 Å². The molecule has 0 aromatic carbocycles. The highest BCUT2D eigenvalue weighted by Crippen LogP contribution is 2.31. The average Bonchev–Trinajstić information content (AvgIpc) is 2.86. The first kappa shape index (κ1) is 16.5. The number of rotatable bonds is 3. The van der Waals surface area contributed by atoms with Crippen molar-refractivity contribution in [3.05, 3.63) is 41.0 Å². The predicted molar refractivity (Wildman–Crippen MR) is 73.6 cm³/mol. The summed E-state index contributed by atoms with van der Waals surface area (Å²) in [4.78, 5) is 30.7. The lowest BCUT2D eigenvalue weighted by molar-refractivity contribution is -0.156. The maximum absolute atomic E-state index is 13.1. The summed E-state index contributed by atoms with van der Waals surface area (Å²) in [5.41, 5.74) is -0.650. The lowest BCUT2D eigenvalue weighted by Gasteiger charge is -2.21. The Morgan fingerprint density at radius 1 is 1.17 bits per heavy atom. The molecule has 0 bridgehead atoms. The van der Waals surface area contributed by atoms with Crippen LogP contribution in [0.3, 0.4) is 0 Å². The third-order valence-corrected chi connectivity index (χ3v) is 2.97. The Balaban J connectivity index is 2.20. The Morgan fingerprint density at radius 3 is 2.35 bits per heavy atom. The second-order valence-corrected chi connectivity index (χ2v) is 4.66. The van der Waals surface area contributed by atoms with Crippen LogP contribution in [0.5, 0.6) is 0 Å². The number of carbonyl (C=O) groups is 1. The fourth-order valence-corrected chi connectivity index (χ4v) is 1.81. The molecule has 1 unspecified atom stereocenters. The number of halogens is 3. The minimum Gasteiger partial charge on any atom is -0.336 e. The SMILES string of the molecule is Cn1ccnc1C(NC(=O)Nc1nccn(C)c1=O)C(F)(F)F. The molecule has 2 rings (SSSR count). The molecule has 0 saturated heterocycles. The molecule has 2 aromatic rings. The van der Waals surface area contributed by atoms with Crippen molar-refractivity contribution in [3.63, 3.8) is 0 Å². The van der Waals surface area contributed by atoms with Gasteiger partial charge < -0.3 is 14.5 Å². The first-order valence-electron chi connectivity index (χ1n) is 6.33. The van der Waals surface area contributed by atoms with E-state index >= 15 is 0 Å². The minimum atomic E-state index is -4.76. The van der Waals surface area contributed by atoms with Gasteiger partial charge in [-0.3, -0.25) is 10.1 Å². The van der Waals surface area contributed by atoms with Crippen LogP contribution in [0, 0.1) is 0 Å². The van der Waals surface area contributed by atoms with Crippen molar-refractivity contribution in [2.24, 2.45) is 14.1 Å². The summed E-state index contributed by atoms with van der Waals surface area (Å²) >= 11 is 0. The molecular formula is C12H13F3N6O2. The topological polar surface area (TPSA) is 93.8 Å². The van der Waals surface area contributed by atoms with Gasteiger partial charge in [0.25, 0.3) is 5.56 Å². The Morgan fingerprint density at radius 2 is 1.78 bits per heavy atom. The van der Waals surface area contributed by atoms with Crippen molar-refractivity contribution in [1.29, 1.82) is 0 Å².